The molecular weight excluding hydrogens is 310 g/mol. The lowest BCUT2D eigenvalue weighted by molar-refractivity contribution is -0.118. The van der Waals surface area contributed by atoms with Gasteiger partial charge in [0.1, 0.15) is 5.75 Å². The Labute approximate surface area is 140 Å². The van der Waals surface area contributed by atoms with Gasteiger partial charge in [-0.05, 0) is 26.0 Å². The number of nitrogens with one attached hydrogen (secondary N) is 1. The molecule has 2 aromatic rings. The molecule has 23 heavy (non-hydrogen) atoms. The molecule has 1 aliphatic heterocycles. The summed E-state index contributed by atoms with van der Waals surface area (Å²) in [5, 5.41) is 3.51. The smallest absolute Gasteiger partial charge is 0.264 e. The summed E-state index contributed by atoms with van der Waals surface area (Å²) in [5.41, 5.74) is 1.12. The van der Waals surface area contributed by atoms with Crippen LogP contribution in [0.1, 0.15) is 24.4 Å². The van der Waals surface area contributed by atoms with Gasteiger partial charge in [-0.1, -0.05) is 18.2 Å². The van der Waals surface area contributed by atoms with Crippen LogP contribution in [-0.2, 0) is 17.8 Å². The minimum atomic E-state index is -0.180. The molecule has 0 aliphatic carbocycles. The summed E-state index contributed by atoms with van der Waals surface area (Å²) in [6.45, 7) is 6.34. The fraction of sp³-hybridized carbons (Fsp3) is 0.412. The van der Waals surface area contributed by atoms with Crippen molar-refractivity contribution < 1.29 is 9.53 Å². The van der Waals surface area contributed by atoms with Crippen LogP contribution in [0, 0.1) is 0 Å². The monoisotopic (exact) mass is 331 g/mol. The molecule has 0 unspecified atom stereocenters. The van der Waals surface area contributed by atoms with E-state index in [0.29, 0.717) is 16.9 Å². The molecule has 1 aliphatic rings. The van der Waals surface area contributed by atoms with Crippen LogP contribution in [0.3, 0.4) is 0 Å². The van der Waals surface area contributed by atoms with Crippen LogP contribution in [0.2, 0.25) is 0 Å². The van der Waals surface area contributed by atoms with E-state index < -0.39 is 0 Å². The van der Waals surface area contributed by atoms with Gasteiger partial charge in [0.2, 0.25) is 0 Å². The number of hydrogen-bond acceptors (Lipinski definition) is 5. The molecule has 5 nitrogen and oxygen atoms in total. The van der Waals surface area contributed by atoms with Gasteiger partial charge in [-0.15, -0.1) is 11.3 Å². The third kappa shape index (κ3) is 4.09. The fourth-order valence-electron chi connectivity index (χ4n) is 2.53. The lowest BCUT2D eigenvalue weighted by Gasteiger charge is -2.29. The van der Waals surface area contributed by atoms with Crippen molar-refractivity contribution in [2.45, 2.75) is 32.9 Å². The average molecular weight is 331 g/mol. The van der Waals surface area contributed by atoms with Crippen molar-refractivity contribution in [3.63, 3.8) is 0 Å². The van der Waals surface area contributed by atoms with Crippen LogP contribution in [0.5, 0.6) is 5.75 Å². The van der Waals surface area contributed by atoms with Crippen molar-refractivity contribution in [2.75, 3.05) is 18.5 Å². The Kier molecular flexibility index (Phi) is 4.93. The van der Waals surface area contributed by atoms with Crippen molar-refractivity contribution in [1.29, 1.82) is 0 Å². The minimum absolute atomic E-state index is 0.00756. The summed E-state index contributed by atoms with van der Waals surface area (Å²) in [7, 11) is 0. The van der Waals surface area contributed by atoms with Gasteiger partial charge in [0.05, 0.1) is 5.69 Å². The number of ether oxygens (including phenoxy) is 1. The molecule has 0 saturated heterocycles. The molecule has 2 heterocycles. The van der Waals surface area contributed by atoms with Gasteiger partial charge in [-0.2, -0.15) is 0 Å². The Balaban J connectivity index is 1.55. The normalized spacial score (nSPS) is 14.6. The molecule has 1 aromatic heterocycles. The molecule has 0 radical (unpaired) electrons. The van der Waals surface area contributed by atoms with Crippen LogP contribution >= 0.6 is 11.3 Å². The fourth-order valence-corrected chi connectivity index (χ4v) is 3.58. The average Bonchev–Trinajstić information content (AvgIpc) is 2.95. The third-order valence-electron chi connectivity index (χ3n) is 3.85. The summed E-state index contributed by atoms with van der Waals surface area (Å²) in [4.78, 5) is 20.2. The quantitative estimate of drug-likeness (QED) is 0.915. The summed E-state index contributed by atoms with van der Waals surface area (Å²) < 4.78 is 5.45. The number of aromatic nitrogens is 1. The lowest BCUT2D eigenvalue weighted by Crippen LogP contribution is -2.35. The third-order valence-corrected chi connectivity index (χ3v) is 4.85. The standard InChI is InChI=1S/C17H21N3O2S/c1-12(2)20-9-8-14-15(10-20)23-17(18-14)19-16(21)11-22-13-6-4-3-5-7-13/h3-7,12H,8-11H2,1-2H3,(H,18,19,21). The first-order chi connectivity index (χ1) is 11.1. The van der Waals surface area contributed by atoms with Gasteiger partial charge in [0, 0.05) is 30.4 Å². The number of fused-ring (bicyclic) bond motifs is 1. The van der Waals surface area contributed by atoms with E-state index in [1.54, 1.807) is 11.3 Å². The predicted molar refractivity (Wildman–Crippen MR) is 91.9 cm³/mol. The topological polar surface area (TPSA) is 54.5 Å². The SMILES string of the molecule is CC(C)N1CCc2nc(NC(=O)COc3ccccc3)sc2C1. The number of thiazole rings is 1. The highest BCUT2D eigenvalue weighted by molar-refractivity contribution is 7.15. The van der Waals surface area contributed by atoms with Crippen LogP contribution in [-0.4, -0.2) is 35.0 Å². The lowest BCUT2D eigenvalue weighted by atomic mass is 10.1. The van der Waals surface area contributed by atoms with Gasteiger partial charge in [0.15, 0.2) is 11.7 Å². The van der Waals surface area contributed by atoms with Crippen LogP contribution in [0.15, 0.2) is 30.3 Å². The maximum atomic E-state index is 12.0. The maximum absolute atomic E-state index is 12.0. The maximum Gasteiger partial charge on any atom is 0.264 e. The zero-order valence-electron chi connectivity index (χ0n) is 13.4. The van der Waals surface area contributed by atoms with Crippen LogP contribution in [0.25, 0.3) is 0 Å². The van der Waals surface area contributed by atoms with E-state index >= 15 is 0 Å². The molecule has 0 fully saturated rings. The summed E-state index contributed by atoms with van der Waals surface area (Å²) >= 11 is 1.57. The van der Waals surface area contributed by atoms with E-state index in [0.717, 1.165) is 25.2 Å². The Hall–Kier alpha value is -1.92. The summed E-state index contributed by atoms with van der Waals surface area (Å²) in [6.07, 6.45) is 0.945. The first-order valence-corrected chi connectivity index (χ1v) is 8.64. The van der Waals surface area contributed by atoms with Crippen LogP contribution in [0.4, 0.5) is 5.13 Å². The highest BCUT2D eigenvalue weighted by Gasteiger charge is 2.22. The van der Waals surface area contributed by atoms with Gasteiger partial charge >= 0.3 is 0 Å². The van der Waals surface area contributed by atoms with Crippen molar-refractivity contribution in [1.82, 2.24) is 9.88 Å². The molecular formula is C17H21N3O2S. The first-order valence-electron chi connectivity index (χ1n) is 7.82. The number of carbonyl (C=O) groups is 1. The highest BCUT2D eigenvalue weighted by Crippen LogP contribution is 2.29. The number of carbonyl (C=O) groups excluding carboxylic acids is 1. The number of benzene rings is 1. The molecule has 1 amide bonds. The molecule has 122 valence electrons. The van der Waals surface area contributed by atoms with Gasteiger partial charge in [0.25, 0.3) is 5.91 Å². The molecule has 0 bridgehead atoms. The van der Waals surface area contributed by atoms with Crippen molar-refractivity contribution in [3.8, 4) is 5.75 Å². The number of nitrogens with zero attached hydrogens (tertiary/aromatic N) is 2. The Morgan fingerprint density at radius 1 is 1.39 bits per heavy atom. The molecule has 1 aromatic carbocycles. The van der Waals surface area contributed by atoms with Crippen LogP contribution < -0.4 is 10.1 Å². The first kappa shape index (κ1) is 16.0. The van der Waals surface area contributed by atoms with Crippen molar-refractivity contribution >= 4 is 22.4 Å². The molecule has 0 saturated carbocycles. The number of amides is 1. The van der Waals surface area contributed by atoms with E-state index in [2.05, 4.69) is 29.0 Å². The number of rotatable bonds is 5. The highest BCUT2D eigenvalue weighted by atomic mass is 32.1. The molecule has 6 heteroatoms. The van der Waals surface area contributed by atoms with E-state index in [9.17, 15) is 4.79 Å². The zero-order valence-corrected chi connectivity index (χ0v) is 14.2. The number of para-hydroxylation sites is 1. The summed E-state index contributed by atoms with van der Waals surface area (Å²) in [5.74, 6) is 0.509. The van der Waals surface area contributed by atoms with E-state index in [1.807, 2.05) is 30.3 Å². The Bertz CT molecular complexity index is 670. The molecule has 3 rings (SSSR count). The van der Waals surface area contributed by atoms with Gasteiger partial charge < -0.3 is 4.74 Å². The van der Waals surface area contributed by atoms with E-state index in [1.165, 1.54) is 4.88 Å². The predicted octanol–water partition coefficient (Wildman–Crippen LogP) is 2.93. The largest absolute Gasteiger partial charge is 0.484 e. The second-order valence-corrected chi connectivity index (χ2v) is 6.94. The zero-order chi connectivity index (χ0) is 16.2. The number of anilines is 1. The second kappa shape index (κ2) is 7.10. The van der Waals surface area contributed by atoms with E-state index in [4.69, 9.17) is 4.74 Å². The Morgan fingerprint density at radius 2 is 2.17 bits per heavy atom. The number of hydrogen-bond donors (Lipinski definition) is 1. The molecule has 0 atom stereocenters. The summed E-state index contributed by atoms with van der Waals surface area (Å²) in [6, 6.07) is 9.85. The van der Waals surface area contributed by atoms with E-state index in [-0.39, 0.29) is 12.5 Å². The van der Waals surface area contributed by atoms with Gasteiger partial charge in [-0.3, -0.25) is 15.0 Å². The Morgan fingerprint density at radius 3 is 2.91 bits per heavy atom. The van der Waals surface area contributed by atoms with Gasteiger partial charge in [-0.25, -0.2) is 4.98 Å². The van der Waals surface area contributed by atoms with Crippen molar-refractivity contribution in [3.05, 3.63) is 40.9 Å². The molecule has 1 N–H and O–H groups in total. The minimum Gasteiger partial charge on any atom is -0.484 e. The van der Waals surface area contributed by atoms with Crippen molar-refractivity contribution in [2.24, 2.45) is 0 Å². The molecule has 0 spiro atoms. The second-order valence-electron chi connectivity index (χ2n) is 5.85.